The van der Waals surface area contributed by atoms with Crippen LogP contribution in [0.25, 0.3) is 11.3 Å². The van der Waals surface area contributed by atoms with Crippen LogP contribution in [0.15, 0.2) is 24.5 Å². The maximum absolute atomic E-state index is 12.2. The topological polar surface area (TPSA) is 58.6 Å². The van der Waals surface area contributed by atoms with Crippen molar-refractivity contribution in [3.8, 4) is 11.3 Å². The van der Waals surface area contributed by atoms with Crippen LogP contribution in [-0.4, -0.2) is 64.1 Å². The summed E-state index contributed by atoms with van der Waals surface area (Å²) in [6.07, 6.45) is 3.54. The van der Waals surface area contributed by atoms with Crippen LogP contribution >= 0.6 is 11.6 Å². The standard InChI is InChI=1S/C19H25ClN4O2S/c1-14-10-15(2)19(22-12-14)16-11-18(21-13-17(16)20)23-4-6-24(7-5-23)27(25)9-8-26-3/h10-13H,4-9H2,1-3H3. The number of ether oxygens (including phenoxy) is 1. The van der Waals surface area contributed by atoms with E-state index in [1.807, 2.05) is 30.4 Å². The molecule has 0 amide bonds. The van der Waals surface area contributed by atoms with Crippen LogP contribution in [0.4, 0.5) is 5.82 Å². The van der Waals surface area contributed by atoms with Crippen molar-refractivity contribution in [2.75, 3.05) is 50.5 Å². The van der Waals surface area contributed by atoms with Crippen LogP contribution < -0.4 is 4.90 Å². The molecule has 0 saturated carbocycles. The molecule has 3 heterocycles. The first-order valence-electron chi connectivity index (χ1n) is 8.96. The monoisotopic (exact) mass is 408 g/mol. The van der Waals surface area contributed by atoms with Crippen molar-refractivity contribution in [3.63, 3.8) is 0 Å². The zero-order valence-electron chi connectivity index (χ0n) is 15.9. The molecule has 2 aromatic heterocycles. The molecule has 146 valence electrons. The van der Waals surface area contributed by atoms with E-state index in [2.05, 4.69) is 20.9 Å². The molecule has 0 bridgehead atoms. The molecule has 3 rings (SSSR count). The number of rotatable bonds is 6. The summed E-state index contributed by atoms with van der Waals surface area (Å²) in [5.74, 6) is 1.41. The summed E-state index contributed by atoms with van der Waals surface area (Å²) in [7, 11) is 0.638. The van der Waals surface area contributed by atoms with Crippen molar-refractivity contribution in [3.05, 3.63) is 40.7 Å². The van der Waals surface area contributed by atoms with Gasteiger partial charge in [-0.3, -0.25) is 4.98 Å². The highest BCUT2D eigenvalue weighted by Crippen LogP contribution is 2.31. The lowest BCUT2D eigenvalue weighted by Crippen LogP contribution is -2.47. The second-order valence-electron chi connectivity index (χ2n) is 6.63. The normalized spacial score (nSPS) is 16.5. The Labute approximate surface area is 168 Å². The van der Waals surface area contributed by atoms with Gasteiger partial charge in [0.05, 0.1) is 34.1 Å². The first-order chi connectivity index (χ1) is 13.0. The lowest BCUT2D eigenvalue weighted by Gasteiger charge is -2.34. The molecule has 6 nitrogen and oxygen atoms in total. The summed E-state index contributed by atoms with van der Waals surface area (Å²) in [5.41, 5.74) is 3.99. The summed E-state index contributed by atoms with van der Waals surface area (Å²) in [5, 5.41) is 0.595. The van der Waals surface area contributed by atoms with Crippen LogP contribution in [0.5, 0.6) is 0 Å². The number of pyridine rings is 2. The Morgan fingerprint density at radius 1 is 1.15 bits per heavy atom. The highest BCUT2D eigenvalue weighted by Gasteiger charge is 2.22. The first-order valence-corrected chi connectivity index (χ1v) is 10.6. The Balaban J connectivity index is 1.74. The fourth-order valence-electron chi connectivity index (χ4n) is 3.18. The largest absolute Gasteiger partial charge is 0.384 e. The third kappa shape index (κ3) is 4.85. The third-order valence-corrected chi connectivity index (χ3v) is 6.38. The number of nitrogens with zero attached hydrogens (tertiary/aromatic N) is 4. The first kappa shape index (κ1) is 20.2. The fourth-order valence-corrected chi connectivity index (χ4v) is 4.51. The average molecular weight is 409 g/mol. The molecule has 1 aliphatic heterocycles. The SMILES string of the molecule is COCCS(=O)N1CCN(c2cc(-c3ncc(C)cc3C)c(Cl)cn2)CC1. The van der Waals surface area contributed by atoms with E-state index in [0.29, 0.717) is 17.4 Å². The van der Waals surface area contributed by atoms with Crippen LogP contribution in [0, 0.1) is 13.8 Å². The van der Waals surface area contributed by atoms with Crippen molar-refractivity contribution < 1.29 is 8.95 Å². The molecule has 1 atom stereocenters. The van der Waals surface area contributed by atoms with Gasteiger partial charge in [-0.1, -0.05) is 17.7 Å². The lowest BCUT2D eigenvalue weighted by molar-refractivity contribution is 0.216. The van der Waals surface area contributed by atoms with Crippen molar-refractivity contribution in [2.24, 2.45) is 0 Å². The summed E-state index contributed by atoms with van der Waals surface area (Å²) in [6.45, 7) is 7.59. The van der Waals surface area contributed by atoms with Gasteiger partial charge in [-0.15, -0.1) is 0 Å². The van der Waals surface area contributed by atoms with Crippen LogP contribution in [-0.2, 0) is 15.7 Å². The molecule has 1 saturated heterocycles. The molecule has 27 heavy (non-hydrogen) atoms. The molecule has 8 heteroatoms. The van der Waals surface area contributed by atoms with Crippen molar-refractivity contribution in [2.45, 2.75) is 13.8 Å². The van der Waals surface area contributed by atoms with E-state index in [-0.39, 0.29) is 0 Å². The molecule has 0 radical (unpaired) electrons. The van der Waals surface area contributed by atoms with Gasteiger partial charge < -0.3 is 9.64 Å². The summed E-state index contributed by atoms with van der Waals surface area (Å²) < 4.78 is 19.3. The van der Waals surface area contributed by atoms with Crippen molar-refractivity contribution in [1.82, 2.24) is 14.3 Å². The summed E-state index contributed by atoms with van der Waals surface area (Å²) in [6, 6.07) is 4.11. The Kier molecular flexibility index (Phi) is 6.81. The fraction of sp³-hybridized carbons (Fsp3) is 0.474. The second-order valence-corrected chi connectivity index (χ2v) is 8.61. The number of aryl methyl sites for hydroxylation is 2. The predicted molar refractivity (Wildman–Crippen MR) is 111 cm³/mol. The molecule has 1 unspecified atom stereocenters. The Hall–Kier alpha value is -1.54. The zero-order valence-corrected chi connectivity index (χ0v) is 17.5. The molecule has 1 aliphatic rings. The van der Waals surface area contributed by atoms with Crippen LogP contribution in [0.3, 0.4) is 0 Å². The highest BCUT2D eigenvalue weighted by molar-refractivity contribution is 7.82. The molecular weight excluding hydrogens is 384 g/mol. The minimum atomic E-state index is -0.991. The van der Waals surface area contributed by atoms with E-state index >= 15 is 0 Å². The average Bonchev–Trinajstić information content (AvgIpc) is 2.67. The summed E-state index contributed by atoms with van der Waals surface area (Å²) >= 11 is 6.41. The quantitative estimate of drug-likeness (QED) is 0.735. The molecule has 0 spiro atoms. The van der Waals surface area contributed by atoms with Gasteiger partial charge in [-0.05, 0) is 31.0 Å². The number of aromatic nitrogens is 2. The van der Waals surface area contributed by atoms with Gasteiger partial charge in [-0.25, -0.2) is 13.5 Å². The van der Waals surface area contributed by atoms with Gasteiger partial charge in [0.25, 0.3) is 0 Å². The van der Waals surface area contributed by atoms with Gasteiger partial charge in [0, 0.05) is 51.2 Å². The van der Waals surface area contributed by atoms with Crippen molar-refractivity contribution in [1.29, 1.82) is 0 Å². The number of hydrogen-bond donors (Lipinski definition) is 0. The molecule has 2 aromatic rings. The predicted octanol–water partition coefficient (Wildman–Crippen LogP) is 2.85. The van der Waals surface area contributed by atoms with Gasteiger partial charge in [0.1, 0.15) is 5.82 Å². The molecule has 0 aliphatic carbocycles. The Bertz CT molecular complexity index is 825. The molecule has 0 N–H and O–H groups in total. The number of methoxy groups -OCH3 is 1. The lowest BCUT2D eigenvalue weighted by atomic mass is 10.1. The van der Waals surface area contributed by atoms with Crippen LogP contribution in [0.2, 0.25) is 5.02 Å². The molecule has 0 aromatic carbocycles. The highest BCUT2D eigenvalue weighted by atomic mass is 35.5. The smallest absolute Gasteiger partial charge is 0.129 e. The number of hydrogen-bond acceptors (Lipinski definition) is 5. The molecule has 1 fully saturated rings. The zero-order chi connectivity index (χ0) is 19.4. The van der Waals surface area contributed by atoms with E-state index in [1.165, 1.54) is 0 Å². The maximum atomic E-state index is 12.2. The van der Waals surface area contributed by atoms with Crippen molar-refractivity contribution >= 4 is 28.4 Å². The Morgan fingerprint density at radius 2 is 1.89 bits per heavy atom. The Morgan fingerprint density at radius 3 is 2.56 bits per heavy atom. The van der Waals surface area contributed by atoms with E-state index in [9.17, 15) is 4.21 Å². The van der Waals surface area contributed by atoms with E-state index < -0.39 is 11.0 Å². The van der Waals surface area contributed by atoms with E-state index in [4.69, 9.17) is 16.3 Å². The van der Waals surface area contributed by atoms with E-state index in [0.717, 1.165) is 54.4 Å². The van der Waals surface area contributed by atoms with Gasteiger partial charge in [-0.2, -0.15) is 0 Å². The molecular formula is C19H25ClN4O2S. The number of piperazine rings is 1. The number of anilines is 1. The van der Waals surface area contributed by atoms with Gasteiger partial charge in [0.2, 0.25) is 0 Å². The maximum Gasteiger partial charge on any atom is 0.129 e. The minimum Gasteiger partial charge on any atom is -0.384 e. The summed E-state index contributed by atoms with van der Waals surface area (Å²) in [4.78, 5) is 11.3. The minimum absolute atomic E-state index is 0.512. The van der Waals surface area contributed by atoms with Gasteiger partial charge >= 0.3 is 0 Å². The van der Waals surface area contributed by atoms with Crippen LogP contribution in [0.1, 0.15) is 11.1 Å². The van der Waals surface area contributed by atoms with Gasteiger partial charge in [0.15, 0.2) is 0 Å². The second kappa shape index (κ2) is 9.10. The van der Waals surface area contributed by atoms with E-state index in [1.54, 1.807) is 13.3 Å². The number of halogens is 1. The third-order valence-electron chi connectivity index (χ3n) is 4.62.